The molecule has 1 amide bonds. The molecule has 6 nitrogen and oxygen atoms in total. The molecule has 0 bridgehead atoms. The van der Waals surface area contributed by atoms with Crippen molar-refractivity contribution < 1.29 is 19.1 Å². The lowest BCUT2D eigenvalue weighted by molar-refractivity contribution is -0.123. The van der Waals surface area contributed by atoms with E-state index in [9.17, 15) is 14.4 Å². The number of benzene rings is 2. The van der Waals surface area contributed by atoms with Crippen LogP contribution in [0.2, 0.25) is 0 Å². The van der Waals surface area contributed by atoms with Crippen LogP contribution in [-0.4, -0.2) is 28.7 Å². The summed E-state index contributed by atoms with van der Waals surface area (Å²) in [6, 6.07) is 16.0. The van der Waals surface area contributed by atoms with Crippen LogP contribution >= 0.6 is 11.3 Å². The highest BCUT2D eigenvalue weighted by atomic mass is 32.1. The summed E-state index contributed by atoms with van der Waals surface area (Å²) in [5, 5.41) is 3.38. The molecule has 3 rings (SSSR count). The number of ketones is 1. The molecular formula is C22H20N2O4S. The molecule has 0 fully saturated rings. The van der Waals surface area contributed by atoms with Crippen molar-refractivity contribution in [2.45, 2.75) is 26.9 Å². The Morgan fingerprint density at radius 3 is 2.38 bits per heavy atom. The topological polar surface area (TPSA) is 85.4 Å². The van der Waals surface area contributed by atoms with Crippen LogP contribution in [0.25, 0.3) is 11.3 Å². The lowest BCUT2D eigenvalue weighted by Gasteiger charge is -2.15. The molecule has 0 spiro atoms. The number of nitrogens with one attached hydrogen (secondary N) is 1. The van der Waals surface area contributed by atoms with Crippen molar-refractivity contribution in [3.05, 3.63) is 70.0 Å². The highest BCUT2D eigenvalue weighted by Gasteiger charge is 2.25. The zero-order chi connectivity index (χ0) is 21.0. The molecule has 148 valence electrons. The van der Waals surface area contributed by atoms with Gasteiger partial charge in [-0.1, -0.05) is 42.5 Å². The Morgan fingerprint density at radius 1 is 1.03 bits per heavy atom. The molecule has 1 heterocycles. The average Bonchev–Trinajstić information content (AvgIpc) is 3.10. The molecule has 0 aliphatic heterocycles. The van der Waals surface area contributed by atoms with Crippen molar-refractivity contribution in [3.63, 3.8) is 0 Å². The van der Waals surface area contributed by atoms with Crippen molar-refractivity contribution in [1.29, 1.82) is 0 Å². The van der Waals surface area contributed by atoms with Crippen LogP contribution in [0.1, 0.15) is 38.9 Å². The minimum Gasteiger partial charge on any atom is -0.448 e. The van der Waals surface area contributed by atoms with E-state index in [1.165, 1.54) is 25.2 Å². The SMILES string of the molecule is CC(=O)c1ccccc1NC(=O)[C@H](C)OC(=O)c1sc(C)nc1-c1ccccc1. The molecule has 1 aromatic heterocycles. The van der Waals surface area contributed by atoms with Crippen LogP contribution < -0.4 is 5.32 Å². The second-order valence-electron chi connectivity index (χ2n) is 6.42. The van der Waals surface area contributed by atoms with E-state index < -0.39 is 18.0 Å². The Kier molecular flexibility index (Phi) is 6.19. The Bertz CT molecular complexity index is 1060. The summed E-state index contributed by atoms with van der Waals surface area (Å²) in [6.45, 7) is 4.72. The Labute approximate surface area is 172 Å². The number of aryl methyl sites for hydroxylation is 1. The van der Waals surface area contributed by atoms with Crippen LogP contribution in [0.15, 0.2) is 54.6 Å². The lowest BCUT2D eigenvalue weighted by Crippen LogP contribution is -2.30. The van der Waals surface area contributed by atoms with Crippen LogP contribution in [-0.2, 0) is 9.53 Å². The number of ether oxygens (including phenoxy) is 1. The largest absolute Gasteiger partial charge is 0.448 e. The molecule has 3 aromatic rings. The fourth-order valence-electron chi connectivity index (χ4n) is 2.76. The Morgan fingerprint density at radius 2 is 1.69 bits per heavy atom. The molecule has 1 N–H and O–H groups in total. The maximum absolute atomic E-state index is 12.7. The van der Waals surface area contributed by atoms with Gasteiger partial charge in [0.1, 0.15) is 4.88 Å². The average molecular weight is 408 g/mol. The third-order valence-corrected chi connectivity index (χ3v) is 5.13. The number of amides is 1. The van der Waals surface area contributed by atoms with Crippen molar-refractivity contribution in [2.24, 2.45) is 0 Å². The van der Waals surface area contributed by atoms with Crippen molar-refractivity contribution in [2.75, 3.05) is 5.32 Å². The Hall–Kier alpha value is -3.32. The van der Waals surface area contributed by atoms with E-state index in [-0.39, 0.29) is 5.78 Å². The van der Waals surface area contributed by atoms with Crippen LogP contribution in [0, 0.1) is 6.92 Å². The molecule has 2 aromatic carbocycles. The third-order valence-electron chi connectivity index (χ3n) is 4.18. The second-order valence-corrected chi connectivity index (χ2v) is 7.62. The molecule has 0 unspecified atom stereocenters. The zero-order valence-electron chi connectivity index (χ0n) is 16.3. The van der Waals surface area contributed by atoms with Gasteiger partial charge in [-0.25, -0.2) is 9.78 Å². The summed E-state index contributed by atoms with van der Waals surface area (Å²) in [7, 11) is 0. The monoisotopic (exact) mass is 408 g/mol. The fraction of sp³-hybridized carbons (Fsp3) is 0.182. The number of rotatable bonds is 6. The van der Waals surface area contributed by atoms with E-state index in [1.54, 1.807) is 24.3 Å². The quantitative estimate of drug-likeness (QED) is 0.479. The number of nitrogens with zero attached hydrogens (tertiary/aromatic N) is 1. The number of esters is 1. The standard InChI is InChI=1S/C22H20N2O4S/c1-13(25)17-11-7-8-12-18(17)24-21(26)14(2)28-22(27)20-19(23-15(3)29-20)16-9-5-4-6-10-16/h4-12,14H,1-3H3,(H,24,26)/t14-/m0/s1. The summed E-state index contributed by atoms with van der Waals surface area (Å²) < 4.78 is 5.38. The summed E-state index contributed by atoms with van der Waals surface area (Å²) in [4.78, 5) is 41.7. The molecule has 7 heteroatoms. The van der Waals surface area contributed by atoms with Crippen molar-refractivity contribution in [1.82, 2.24) is 4.98 Å². The van der Waals surface area contributed by atoms with Gasteiger partial charge in [-0.2, -0.15) is 0 Å². The first kappa shape index (κ1) is 20.4. The first-order valence-corrected chi connectivity index (χ1v) is 9.83. The maximum Gasteiger partial charge on any atom is 0.351 e. The van der Waals surface area contributed by atoms with E-state index in [0.29, 0.717) is 21.8 Å². The first-order valence-electron chi connectivity index (χ1n) is 9.01. The normalized spacial score (nSPS) is 11.6. The molecule has 0 radical (unpaired) electrons. The minimum atomic E-state index is -1.05. The van der Waals surface area contributed by atoms with Crippen LogP contribution in [0.5, 0.6) is 0 Å². The number of thiazole rings is 1. The van der Waals surface area contributed by atoms with Crippen molar-refractivity contribution in [3.8, 4) is 11.3 Å². The number of para-hydroxylation sites is 1. The van der Waals surface area contributed by atoms with Gasteiger partial charge in [0.05, 0.1) is 16.4 Å². The van der Waals surface area contributed by atoms with Gasteiger partial charge >= 0.3 is 5.97 Å². The van der Waals surface area contributed by atoms with E-state index in [1.807, 2.05) is 37.3 Å². The van der Waals surface area contributed by atoms with E-state index >= 15 is 0 Å². The van der Waals surface area contributed by atoms with Gasteiger partial charge in [0.15, 0.2) is 11.9 Å². The number of carbonyl (C=O) groups excluding carboxylic acids is 3. The summed E-state index contributed by atoms with van der Waals surface area (Å²) in [5.41, 5.74) is 2.11. The maximum atomic E-state index is 12.7. The van der Waals surface area contributed by atoms with E-state index in [2.05, 4.69) is 10.3 Å². The summed E-state index contributed by atoms with van der Waals surface area (Å²) in [5.74, 6) is -1.30. The predicted molar refractivity (Wildman–Crippen MR) is 112 cm³/mol. The van der Waals surface area contributed by atoms with Gasteiger partial charge in [0.25, 0.3) is 5.91 Å². The van der Waals surface area contributed by atoms with E-state index in [0.717, 1.165) is 10.6 Å². The highest BCUT2D eigenvalue weighted by molar-refractivity contribution is 7.14. The zero-order valence-corrected chi connectivity index (χ0v) is 17.1. The third kappa shape index (κ3) is 4.75. The molecule has 1 atom stereocenters. The van der Waals surface area contributed by atoms with Gasteiger partial charge in [-0.3, -0.25) is 9.59 Å². The summed E-state index contributed by atoms with van der Waals surface area (Å²) in [6.07, 6.45) is -1.05. The van der Waals surface area contributed by atoms with Gasteiger partial charge in [0, 0.05) is 11.1 Å². The van der Waals surface area contributed by atoms with Gasteiger partial charge < -0.3 is 10.1 Å². The highest BCUT2D eigenvalue weighted by Crippen LogP contribution is 2.29. The number of hydrogen-bond donors (Lipinski definition) is 1. The molecular weight excluding hydrogens is 388 g/mol. The smallest absolute Gasteiger partial charge is 0.351 e. The molecule has 0 aliphatic rings. The van der Waals surface area contributed by atoms with Gasteiger partial charge in [-0.05, 0) is 32.9 Å². The molecule has 0 saturated carbocycles. The number of carbonyl (C=O) groups is 3. The number of Topliss-reactive ketones (excluding diaryl/α,β-unsaturated/α-hetero) is 1. The van der Waals surface area contributed by atoms with Gasteiger partial charge in [0.2, 0.25) is 0 Å². The fourth-order valence-corrected chi connectivity index (χ4v) is 3.58. The molecule has 29 heavy (non-hydrogen) atoms. The predicted octanol–water partition coefficient (Wildman–Crippen LogP) is 4.51. The first-order chi connectivity index (χ1) is 13.9. The minimum absolute atomic E-state index is 0.168. The van der Waals surface area contributed by atoms with Crippen molar-refractivity contribution >= 4 is 34.7 Å². The number of aromatic nitrogens is 1. The van der Waals surface area contributed by atoms with Crippen LogP contribution in [0.3, 0.4) is 0 Å². The number of hydrogen-bond acceptors (Lipinski definition) is 6. The molecule has 0 aliphatic carbocycles. The van der Waals surface area contributed by atoms with Gasteiger partial charge in [-0.15, -0.1) is 11.3 Å². The number of anilines is 1. The Balaban J connectivity index is 1.75. The van der Waals surface area contributed by atoms with Crippen LogP contribution in [0.4, 0.5) is 5.69 Å². The van der Waals surface area contributed by atoms with E-state index in [4.69, 9.17) is 4.74 Å². The lowest BCUT2D eigenvalue weighted by atomic mass is 10.1. The second kappa shape index (κ2) is 8.79. The molecule has 0 saturated heterocycles. The summed E-state index contributed by atoms with van der Waals surface area (Å²) >= 11 is 1.22.